The third kappa shape index (κ3) is 3.00. The van der Waals surface area contributed by atoms with Gasteiger partial charge >= 0.3 is 5.69 Å². The smallest absolute Gasteiger partial charge is 0.288 e. The molecule has 2 heterocycles. The first-order valence-corrected chi connectivity index (χ1v) is 9.07. The Balaban J connectivity index is 2.01. The monoisotopic (exact) mass is 384 g/mol. The van der Waals surface area contributed by atoms with Crippen LogP contribution < -0.4 is 11.2 Å². The van der Waals surface area contributed by atoms with Crippen molar-refractivity contribution >= 4 is 21.6 Å². The van der Waals surface area contributed by atoms with Gasteiger partial charge in [-0.15, -0.1) is 11.3 Å². The lowest BCUT2D eigenvalue weighted by Crippen LogP contribution is -2.39. The third-order valence-electron chi connectivity index (χ3n) is 4.33. The van der Waals surface area contributed by atoms with Crippen molar-refractivity contribution in [3.63, 3.8) is 0 Å². The van der Waals surface area contributed by atoms with Crippen LogP contribution in [0.2, 0.25) is 0 Å². The zero-order chi connectivity index (χ0) is 19.1. The number of hydrogen-bond donors (Lipinski definition) is 0. The summed E-state index contributed by atoms with van der Waals surface area (Å²) in [6.45, 7) is 2.18. The highest BCUT2D eigenvalue weighted by Crippen LogP contribution is 2.19. The van der Waals surface area contributed by atoms with E-state index in [0.717, 1.165) is 27.8 Å². The zero-order valence-electron chi connectivity index (χ0n) is 14.3. The molecule has 4 rings (SSSR count). The SMILES string of the molecule is Cc1cccc(Cn2c(=O)n(-c3ccc(F)cc3F)c(=O)c3sccc32)c1. The number of fused-ring (bicyclic) bond motifs is 1. The van der Waals surface area contributed by atoms with E-state index in [2.05, 4.69) is 0 Å². The summed E-state index contributed by atoms with van der Waals surface area (Å²) in [5.74, 6) is -1.74. The molecule has 0 atom stereocenters. The molecule has 2 aromatic carbocycles. The molecule has 0 amide bonds. The molecule has 0 aliphatic rings. The lowest BCUT2D eigenvalue weighted by atomic mass is 10.1. The van der Waals surface area contributed by atoms with Crippen LogP contribution in [-0.2, 0) is 6.54 Å². The van der Waals surface area contributed by atoms with Gasteiger partial charge in [0.05, 0.1) is 17.7 Å². The van der Waals surface area contributed by atoms with Crippen molar-refractivity contribution in [3.05, 3.63) is 97.5 Å². The number of halogens is 2. The van der Waals surface area contributed by atoms with Gasteiger partial charge < -0.3 is 0 Å². The molecule has 27 heavy (non-hydrogen) atoms. The van der Waals surface area contributed by atoms with E-state index >= 15 is 0 Å². The van der Waals surface area contributed by atoms with E-state index in [1.165, 1.54) is 15.9 Å². The summed E-state index contributed by atoms with van der Waals surface area (Å²) in [6.07, 6.45) is 0. The summed E-state index contributed by atoms with van der Waals surface area (Å²) >= 11 is 1.18. The Hall–Kier alpha value is -3.06. The first-order chi connectivity index (χ1) is 13.0. The molecule has 0 aliphatic carbocycles. The minimum absolute atomic E-state index is 0.233. The summed E-state index contributed by atoms with van der Waals surface area (Å²) in [4.78, 5) is 25.9. The lowest BCUT2D eigenvalue weighted by molar-refractivity contribution is 0.572. The molecule has 0 radical (unpaired) electrons. The number of benzene rings is 2. The molecule has 2 aromatic heterocycles. The highest BCUT2D eigenvalue weighted by Gasteiger charge is 2.18. The standard InChI is InChI=1S/C20H14F2N2O2S/c1-12-3-2-4-13(9-12)11-23-17-7-8-27-18(17)19(25)24(20(23)26)16-6-5-14(21)10-15(16)22/h2-10H,11H2,1H3. The Kier molecular flexibility index (Phi) is 4.24. The minimum Gasteiger partial charge on any atom is -0.288 e. The van der Waals surface area contributed by atoms with Crippen LogP contribution in [0.15, 0.2) is 63.5 Å². The summed E-state index contributed by atoms with van der Waals surface area (Å²) in [5, 5.41) is 1.71. The summed E-state index contributed by atoms with van der Waals surface area (Å²) < 4.78 is 30.1. The van der Waals surface area contributed by atoms with E-state index in [1.54, 1.807) is 11.4 Å². The van der Waals surface area contributed by atoms with Crippen LogP contribution in [0.1, 0.15) is 11.1 Å². The van der Waals surface area contributed by atoms with E-state index in [4.69, 9.17) is 0 Å². The maximum Gasteiger partial charge on any atom is 0.336 e. The van der Waals surface area contributed by atoms with E-state index in [9.17, 15) is 18.4 Å². The van der Waals surface area contributed by atoms with E-state index in [-0.39, 0.29) is 12.2 Å². The van der Waals surface area contributed by atoms with Crippen molar-refractivity contribution in [1.82, 2.24) is 9.13 Å². The Bertz CT molecular complexity index is 1290. The van der Waals surface area contributed by atoms with Crippen molar-refractivity contribution in [3.8, 4) is 5.69 Å². The van der Waals surface area contributed by atoms with Crippen LogP contribution >= 0.6 is 11.3 Å². The van der Waals surface area contributed by atoms with Gasteiger partial charge in [0.2, 0.25) is 0 Å². The fraction of sp³-hybridized carbons (Fsp3) is 0.100. The van der Waals surface area contributed by atoms with Crippen LogP contribution in [0.3, 0.4) is 0 Å². The Labute approximate surface area is 156 Å². The third-order valence-corrected chi connectivity index (χ3v) is 5.22. The highest BCUT2D eigenvalue weighted by atomic mass is 32.1. The number of thiophene rings is 1. The largest absolute Gasteiger partial charge is 0.336 e. The number of hydrogen-bond acceptors (Lipinski definition) is 3. The van der Waals surface area contributed by atoms with Crippen LogP contribution in [-0.4, -0.2) is 9.13 Å². The number of nitrogens with zero attached hydrogens (tertiary/aromatic N) is 2. The van der Waals surface area contributed by atoms with Crippen LogP contribution in [0.4, 0.5) is 8.78 Å². The molecule has 7 heteroatoms. The van der Waals surface area contributed by atoms with Gasteiger partial charge in [0, 0.05) is 6.07 Å². The molecular weight excluding hydrogens is 370 g/mol. The minimum atomic E-state index is -0.966. The normalized spacial score (nSPS) is 11.2. The molecule has 0 aliphatic heterocycles. The fourth-order valence-electron chi connectivity index (χ4n) is 3.11. The van der Waals surface area contributed by atoms with E-state index in [0.29, 0.717) is 16.3 Å². The molecule has 0 N–H and O–H groups in total. The second-order valence-electron chi connectivity index (χ2n) is 6.23. The molecule has 0 unspecified atom stereocenters. The first-order valence-electron chi connectivity index (χ1n) is 8.20. The second kappa shape index (κ2) is 6.59. The average Bonchev–Trinajstić information content (AvgIpc) is 3.10. The van der Waals surface area contributed by atoms with Gasteiger partial charge in [0.15, 0.2) is 0 Å². The van der Waals surface area contributed by atoms with Crippen molar-refractivity contribution in [2.75, 3.05) is 0 Å². The topological polar surface area (TPSA) is 44.0 Å². The molecular formula is C20H14F2N2O2S. The van der Waals surface area contributed by atoms with Gasteiger partial charge in [-0.3, -0.25) is 9.36 Å². The van der Waals surface area contributed by atoms with Gasteiger partial charge in [-0.2, -0.15) is 0 Å². The molecule has 0 saturated carbocycles. The first kappa shape index (κ1) is 17.4. The summed E-state index contributed by atoms with van der Waals surface area (Å²) in [6, 6.07) is 12.1. The molecule has 0 saturated heterocycles. The van der Waals surface area contributed by atoms with Gasteiger partial charge in [-0.1, -0.05) is 29.8 Å². The lowest BCUT2D eigenvalue weighted by Gasteiger charge is -2.13. The maximum absolute atomic E-state index is 14.3. The van der Waals surface area contributed by atoms with Crippen molar-refractivity contribution in [2.45, 2.75) is 13.5 Å². The van der Waals surface area contributed by atoms with Crippen LogP contribution in [0.5, 0.6) is 0 Å². The molecule has 136 valence electrons. The molecule has 4 aromatic rings. The zero-order valence-corrected chi connectivity index (χ0v) is 15.1. The Morgan fingerprint density at radius 2 is 1.85 bits per heavy atom. The van der Waals surface area contributed by atoms with Gasteiger partial charge in [-0.05, 0) is 36.1 Å². The predicted molar refractivity (Wildman–Crippen MR) is 102 cm³/mol. The van der Waals surface area contributed by atoms with Gasteiger partial charge in [-0.25, -0.2) is 18.1 Å². The van der Waals surface area contributed by atoms with Crippen molar-refractivity contribution in [2.24, 2.45) is 0 Å². The highest BCUT2D eigenvalue weighted by molar-refractivity contribution is 7.17. The quantitative estimate of drug-likeness (QED) is 0.539. The van der Waals surface area contributed by atoms with Gasteiger partial charge in [0.25, 0.3) is 5.56 Å². The van der Waals surface area contributed by atoms with E-state index in [1.807, 2.05) is 31.2 Å². The second-order valence-corrected chi connectivity index (χ2v) is 7.15. The number of aryl methyl sites for hydroxylation is 1. The number of aromatic nitrogens is 2. The van der Waals surface area contributed by atoms with Gasteiger partial charge in [0.1, 0.15) is 16.3 Å². The van der Waals surface area contributed by atoms with Crippen molar-refractivity contribution in [1.29, 1.82) is 0 Å². The average molecular weight is 384 g/mol. The van der Waals surface area contributed by atoms with Crippen LogP contribution in [0, 0.1) is 18.6 Å². The van der Waals surface area contributed by atoms with E-state index < -0.39 is 22.9 Å². The predicted octanol–water partition coefficient (Wildman–Crippen LogP) is 3.85. The molecule has 4 nitrogen and oxygen atoms in total. The van der Waals surface area contributed by atoms with Crippen LogP contribution in [0.25, 0.3) is 15.9 Å². The molecule has 0 bridgehead atoms. The molecule has 0 fully saturated rings. The summed E-state index contributed by atoms with van der Waals surface area (Å²) in [7, 11) is 0. The fourth-order valence-corrected chi connectivity index (χ4v) is 3.93. The summed E-state index contributed by atoms with van der Waals surface area (Å²) in [5.41, 5.74) is 0.873. The van der Waals surface area contributed by atoms with Crippen molar-refractivity contribution < 1.29 is 8.78 Å². The maximum atomic E-state index is 14.3. The Morgan fingerprint density at radius 3 is 2.59 bits per heavy atom. The molecule has 0 spiro atoms. The number of rotatable bonds is 3. The Morgan fingerprint density at radius 1 is 1.04 bits per heavy atom.